The van der Waals surface area contributed by atoms with Crippen LogP contribution in [0.5, 0.6) is 0 Å². The van der Waals surface area contributed by atoms with Gasteiger partial charge in [-0.3, -0.25) is 4.79 Å². The molecule has 0 heterocycles. The van der Waals surface area contributed by atoms with E-state index in [4.69, 9.17) is 0 Å². The summed E-state index contributed by atoms with van der Waals surface area (Å²) in [5.41, 5.74) is 3.73. The van der Waals surface area contributed by atoms with Gasteiger partial charge in [0.05, 0.1) is 11.3 Å². The van der Waals surface area contributed by atoms with Crippen LogP contribution in [0.2, 0.25) is 0 Å². The van der Waals surface area contributed by atoms with Gasteiger partial charge in [0.15, 0.2) is 9.84 Å². The van der Waals surface area contributed by atoms with E-state index < -0.39 is 9.84 Å². The average molecular weight is 317 g/mol. The number of anilines is 1. The summed E-state index contributed by atoms with van der Waals surface area (Å²) < 4.78 is 22.8. The van der Waals surface area contributed by atoms with E-state index >= 15 is 0 Å². The molecule has 0 aromatic heterocycles. The van der Waals surface area contributed by atoms with Crippen molar-refractivity contribution < 1.29 is 13.2 Å². The minimum Gasteiger partial charge on any atom is -0.326 e. The molecule has 5 heteroatoms. The molecule has 0 saturated carbocycles. The lowest BCUT2D eigenvalue weighted by Gasteiger charge is -2.08. The standard InChI is InChI=1S/C17H19NO3S/c1-12-8-13(2)10-15(9-12)18-17(19)11-14-4-6-16(7-5-14)22(3,20)21/h4-10H,11H2,1-3H3,(H,18,19). The van der Waals surface area contributed by atoms with Gasteiger partial charge in [-0.25, -0.2) is 8.42 Å². The van der Waals surface area contributed by atoms with Gasteiger partial charge in [-0.05, 0) is 54.8 Å². The first-order valence-corrected chi connectivity index (χ1v) is 8.80. The molecule has 0 aliphatic heterocycles. The lowest BCUT2D eigenvalue weighted by Crippen LogP contribution is -2.14. The van der Waals surface area contributed by atoms with E-state index in [0.717, 1.165) is 28.6 Å². The van der Waals surface area contributed by atoms with Crippen molar-refractivity contribution in [1.82, 2.24) is 0 Å². The fraction of sp³-hybridized carbons (Fsp3) is 0.235. The Hall–Kier alpha value is -2.14. The van der Waals surface area contributed by atoms with Crippen molar-refractivity contribution in [1.29, 1.82) is 0 Å². The predicted octanol–water partition coefficient (Wildman–Crippen LogP) is 2.89. The third kappa shape index (κ3) is 4.43. The number of nitrogens with one attached hydrogen (secondary N) is 1. The fourth-order valence-electron chi connectivity index (χ4n) is 2.29. The number of carbonyl (C=O) groups is 1. The molecule has 0 aliphatic rings. The average Bonchev–Trinajstić information content (AvgIpc) is 2.36. The van der Waals surface area contributed by atoms with Crippen molar-refractivity contribution in [2.45, 2.75) is 25.2 Å². The summed E-state index contributed by atoms with van der Waals surface area (Å²) in [4.78, 5) is 12.3. The maximum absolute atomic E-state index is 12.1. The van der Waals surface area contributed by atoms with Crippen LogP contribution in [0.4, 0.5) is 5.69 Å². The zero-order valence-corrected chi connectivity index (χ0v) is 13.7. The van der Waals surface area contributed by atoms with E-state index in [1.165, 1.54) is 12.1 Å². The van der Waals surface area contributed by atoms with Crippen molar-refractivity contribution in [2.24, 2.45) is 0 Å². The van der Waals surface area contributed by atoms with Crippen LogP contribution in [0.15, 0.2) is 47.4 Å². The van der Waals surface area contributed by atoms with Gasteiger partial charge in [0, 0.05) is 11.9 Å². The molecule has 0 unspecified atom stereocenters. The maximum atomic E-state index is 12.1. The molecule has 2 rings (SSSR count). The van der Waals surface area contributed by atoms with Crippen LogP contribution >= 0.6 is 0 Å². The third-order valence-corrected chi connectivity index (χ3v) is 4.35. The summed E-state index contributed by atoms with van der Waals surface area (Å²) in [5, 5.41) is 2.86. The number of amides is 1. The molecule has 0 fully saturated rings. The highest BCUT2D eigenvalue weighted by atomic mass is 32.2. The van der Waals surface area contributed by atoms with E-state index in [9.17, 15) is 13.2 Å². The van der Waals surface area contributed by atoms with Crippen molar-refractivity contribution >= 4 is 21.4 Å². The predicted molar refractivity (Wildman–Crippen MR) is 87.8 cm³/mol. The van der Waals surface area contributed by atoms with Gasteiger partial charge in [0.25, 0.3) is 0 Å². The zero-order valence-electron chi connectivity index (χ0n) is 12.9. The van der Waals surface area contributed by atoms with Gasteiger partial charge in [-0.15, -0.1) is 0 Å². The molecular formula is C17H19NO3S. The second-order valence-corrected chi connectivity index (χ2v) is 7.53. The SMILES string of the molecule is Cc1cc(C)cc(NC(=O)Cc2ccc(S(C)(=O)=O)cc2)c1. The zero-order chi connectivity index (χ0) is 16.3. The highest BCUT2D eigenvalue weighted by Gasteiger charge is 2.08. The Labute approximate surface area is 131 Å². The van der Waals surface area contributed by atoms with Crippen LogP contribution < -0.4 is 5.32 Å². The molecule has 0 aliphatic carbocycles. The molecule has 1 amide bonds. The summed E-state index contributed by atoms with van der Waals surface area (Å²) in [7, 11) is -3.21. The van der Waals surface area contributed by atoms with Crippen molar-refractivity contribution in [3.05, 3.63) is 59.2 Å². The summed E-state index contributed by atoms with van der Waals surface area (Å²) in [6.45, 7) is 3.96. The lowest BCUT2D eigenvalue weighted by molar-refractivity contribution is -0.115. The van der Waals surface area contributed by atoms with Crippen LogP contribution in [-0.4, -0.2) is 20.6 Å². The summed E-state index contributed by atoms with van der Waals surface area (Å²) in [6, 6.07) is 12.2. The smallest absolute Gasteiger partial charge is 0.228 e. The topological polar surface area (TPSA) is 63.2 Å². The first-order chi connectivity index (χ1) is 10.2. The molecule has 2 aromatic rings. The van der Waals surface area contributed by atoms with E-state index in [1.54, 1.807) is 12.1 Å². The highest BCUT2D eigenvalue weighted by molar-refractivity contribution is 7.90. The molecule has 0 bridgehead atoms. The highest BCUT2D eigenvalue weighted by Crippen LogP contribution is 2.15. The number of benzene rings is 2. The molecule has 0 saturated heterocycles. The van der Waals surface area contributed by atoms with Gasteiger partial charge in [0.2, 0.25) is 5.91 Å². The first kappa shape index (κ1) is 16.2. The summed E-state index contributed by atoms with van der Waals surface area (Å²) >= 11 is 0. The number of rotatable bonds is 4. The molecule has 4 nitrogen and oxygen atoms in total. The Bertz CT molecular complexity index is 773. The molecule has 0 atom stereocenters. The van der Waals surface area contributed by atoms with Gasteiger partial charge < -0.3 is 5.32 Å². The molecule has 22 heavy (non-hydrogen) atoms. The van der Waals surface area contributed by atoms with Crippen molar-refractivity contribution in [3.63, 3.8) is 0 Å². The summed E-state index contributed by atoms with van der Waals surface area (Å²) in [6.07, 6.45) is 1.37. The minimum absolute atomic E-state index is 0.128. The Balaban J connectivity index is 2.06. The number of hydrogen-bond acceptors (Lipinski definition) is 3. The van der Waals surface area contributed by atoms with Gasteiger partial charge in [-0.2, -0.15) is 0 Å². The van der Waals surface area contributed by atoms with E-state index in [-0.39, 0.29) is 17.2 Å². The van der Waals surface area contributed by atoms with E-state index in [2.05, 4.69) is 5.32 Å². The Morgan fingerprint density at radius 2 is 1.55 bits per heavy atom. The fourth-order valence-corrected chi connectivity index (χ4v) is 2.92. The normalized spacial score (nSPS) is 11.2. The van der Waals surface area contributed by atoms with Crippen LogP contribution in [-0.2, 0) is 21.1 Å². The second kappa shape index (κ2) is 6.32. The maximum Gasteiger partial charge on any atom is 0.228 e. The molecule has 0 spiro atoms. The number of sulfone groups is 1. The van der Waals surface area contributed by atoms with Crippen molar-refractivity contribution in [3.8, 4) is 0 Å². The first-order valence-electron chi connectivity index (χ1n) is 6.91. The number of carbonyl (C=O) groups excluding carboxylic acids is 1. The Kier molecular flexibility index (Phi) is 4.66. The van der Waals surface area contributed by atoms with Crippen LogP contribution in [0, 0.1) is 13.8 Å². The second-order valence-electron chi connectivity index (χ2n) is 5.52. The number of aryl methyl sites for hydroxylation is 2. The van der Waals surface area contributed by atoms with E-state index in [0.29, 0.717) is 0 Å². The monoisotopic (exact) mass is 317 g/mol. The largest absolute Gasteiger partial charge is 0.326 e. The van der Waals surface area contributed by atoms with E-state index in [1.807, 2.05) is 32.0 Å². The molecular weight excluding hydrogens is 298 g/mol. The Morgan fingerprint density at radius 3 is 2.05 bits per heavy atom. The van der Waals surface area contributed by atoms with Gasteiger partial charge in [-0.1, -0.05) is 18.2 Å². The molecule has 1 N–H and O–H groups in total. The van der Waals surface area contributed by atoms with Crippen LogP contribution in [0.1, 0.15) is 16.7 Å². The molecule has 0 radical (unpaired) electrons. The minimum atomic E-state index is -3.21. The third-order valence-electron chi connectivity index (χ3n) is 3.22. The summed E-state index contributed by atoms with van der Waals surface area (Å²) in [5.74, 6) is -0.128. The van der Waals surface area contributed by atoms with Crippen LogP contribution in [0.3, 0.4) is 0 Å². The molecule has 116 valence electrons. The number of hydrogen-bond donors (Lipinski definition) is 1. The lowest BCUT2D eigenvalue weighted by atomic mass is 10.1. The molecule has 2 aromatic carbocycles. The van der Waals surface area contributed by atoms with Crippen molar-refractivity contribution in [2.75, 3.05) is 11.6 Å². The Morgan fingerprint density at radius 1 is 1.00 bits per heavy atom. The van der Waals surface area contributed by atoms with Gasteiger partial charge >= 0.3 is 0 Å². The quantitative estimate of drug-likeness (QED) is 0.943. The van der Waals surface area contributed by atoms with Crippen LogP contribution in [0.25, 0.3) is 0 Å². The van der Waals surface area contributed by atoms with Gasteiger partial charge in [0.1, 0.15) is 0 Å².